The van der Waals surface area contributed by atoms with Crippen LogP contribution in [0.25, 0.3) is 0 Å². The van der Waals surface area contributed by atoms with Crippen molar-refractivity contribution >= 4 is 17.3 Å². The van der Waals surface area contributed by atoms with Gasteiger partial charge in [0.25, 0.3) is 0 Å². The van der Waals surface area contributed by atoms with E-state index in [1.807, 2.05) is 12.5 Å². The Labute approximate surface area is 129 Å². The predicted octanol–water partition coefficient (Wildman–Crippen LogP) is 2.77. The first-order chi connectivity index (χ1) is 10.2. The molecule has 21 heavy (non-hydrogen) atoms. The molecule has 0 amide bonds. The summed E-state index contributed by atoms with van der Waals surface area (Å²) in [6.07, 6.45) is 7.07. The Morgan fingerprint density at radius 1 is 1.33 bits per heavy atom. The minimum Gasteiger partial charge on any atom is -0.362 e. The summed E-state index contributed by atoms with van der Waals surface area (Å²) < 4.78 is 12.8. The number of thiocarbonyl (C=S) groups is 1. The number of nitrogens with zero attached hydrogens (tertiary/aromatic N) is 1. The Kier molecular flexibility index (Phi) is 5.47. The second-order valence-corrected chi connectivity index (χ2v) is 4.98. The van der Waals surface area contributed by atoms with Crippen LogP contribution in [0.15, 0.2) is 47.7 Å². The summed E-state index contributed by atoms with van der Waals surface area (Å²) in [5.41, 5.74) is 2.51. The summed E-state index contributed by atoms with van der Waals surface area (Å²) in [5.74, 6) is -0.231. The molecule has 0 unspecified atom stereocenters. The monoisotopic (exact) mass is 300 g/mol. The largest absolute Gasteiger partial charge is 0.362 e. The first-order valence-electron chi connectivity index (χ1n) is 6.62. The van der Waals surface area contributed by atoms with E-state index in [9.17, 15) is 4.39 Å². The van der Waals surface area contributed by atoms with Gasteiger partial charge in [0.1, 0.15) is 5.82 Å². The van der Waals surface area contributed by atoms with E-state index >= 15 is 0 Å². The van der Waals surface area contributed by atoms with Gasteiger partial charge in [-0.25, -0.2) is 4.39 Å². The average Bonchev–Trinajstić information content (AvgIpc) is 2.49. The third kappa shape index (κ3) is 5.01. The van der Waals surface area contributed by atoms with Gasteiger partial charge in [-0.2, -0.15) is 5.26 Å². The Morgan fingerprint density at radius 3 is 2.81 bits per heavy atom. The van der Waals surface area contributed by atoms with E-state index in [0.29, 0.717) is 17.2 Å². The van der Waals surface area contributed by atoms with Gasteiger partial charge in [-0.15, -0.1) is 0 Å². The van der Waals surface area contributed by atoms with Gasteiger partial charge in [0, 0.05) is 24.2 Å². The van der Waals surface area contributed by atoms with E-state index in [1.165, 1.54) is 12.1 Å². The molecule has 1 aromatic carbocycles. The van der Waals surface area contributed by atoms with Gasteiger partial charge in [-0.3, -0.25) is 0 Å². The molecule has 2 N–H and O–H groups in total. The van der Waals surface area contributed by atoms with E-state index in [1.54, 1.807) is 18.2 Å². The molecule has 1 radical (unpaired) electrons. The van der Waals surface area contributed by atoms with Crippen LogP contribution in [0.4, 0.5) is 4.39 Å². The van der Waals surface area contributed by atoms with Gasteiger partial charge < -0.3 is 10.6 Å². The van der Waals surface area contributed by atoms with Crippen molar-refractivity contribution in [3.8, 4) is 6.07 Å². The molecule has 0 aromatic heterocycles. The fraction of sp³-hybridized carbons (Fsp3) is 0.188. The number of benzene rings is 1. The molecule has 0 fully saturated rings. The van der Waals surface area contributed by atoms with Crippen molar-refractivity contribution in [3.63, 3.8) is 0 Å². The van der Waals surface area contributed by atoms with Crippen molar-refractivity contribution in [2.75, 3.05) is 6.54 Å². The van der Waals surface area contributed by atoms with Gasteiger partial charge in [-0.1, -0.05) is 18.2 Å². The zero-order valence-corrected chi connectivity index (χ0v) is 12.2. The van der Waals surface area contributed by atoms with E-state index < -0.39 is 0 Å². The van der Waals surface area contributed by atoms with Gasteiger partial charge in [0.2, 0.25) is 0 Å². The fourth-order valence-electron chi connectivity index (χ4n) is 1.91. The van der Waals surface area contributed by atoms with Crippen LogP contribution in [-0.2, 0) is 6.42 Å². The summed E-state index contributed by atoms with van der Waals surface area (Å²) in [6.45, 7) is 0.658. The molecule has 2 rings (SSSR count). The van der Waals surface area contributed by atoms with E-state index in [-0.39, 0.29) is 5.82 Å². The fourth-order valence-corrected chi connectivity index (χ4v) is 2.13. The molecule has 0 bridgehead atoms. The van der Waals surface area contributed by atoms with Crippen molar-refractivity contribution in [2.24, 2.45) is 0 Å². The maximum atomic E-state index is 12.8. The van der Waals surface area contributed by atoms with Crippen molar-refractivity contribution in [2.45, 2.75) is 12.8 Å². The molecule has 1 aliphatic carbocycles. The highest BCUT2D eigenvalue weighted by molar-refractivity contribution is 7.80. The van der Waals surface area contributed by atoms with Crippen molar-refractivity contribution in [1.29, 1.82) is 5.26 Å². The van der Waals surface area contributed by atoms with Crippen LogP contribution >= 0.6 is 12.2 Å². The van der Waals surface area contributed by atoms with Crippen LogP contribution in [-0.4, -0.2) is 11.7 Å². The average molecular weight is 300 g/mol. The quantitative estimate of drug-likeness (QED) is 0.840. The predicted molar refractivity (Wildman–Crippen MR) is 84.5 cm³/mol. The zero-order chi connectivity index (χ0) is 15.1. The van der Waals surface area contributed by atoms with Gasteiger partial charge in [-0.05, 0) is 48.8 Å². The third-order valence-corrected chi connectivity index (χ3v) is 3.23. The number of allylic oxidation sites excluding steroid dienone is 3. The number of nitrogens with one attached hydrogen (secondary N) is 2. The van der Waals surface area contributed by atoms with Crippen molar-refractivity contribution in [1.82, 2.24) is 10.6 Å². The van der Waals surface area contributed by atoms with Crippen LogP contribution in [0, 0.1) is 23.6 Å². The van der Waals surface area contributed by atoms with Crippen LogP contribution in [0.5, 0.6) is 0 Å². The topological polar surface area (TPSA) is 47.9 Å². The van der Waals surface area contributed by atoms with Gasteiger partial charge >= 0.3 is 0 Å². The second-order valence-electron chi connectivity index (χ2n) is 4.57. The molecular weight excluding hydrogens is 285 g/mol. The van der Waals surface area contributed by atoms with E-state index in [2.05, 4.69) is 16.7 Å². The lowest BCUT2D eigenvalue weighted by atomic mass is 10.0. The smallest absolute Gasteiger partial charge is 0.170 e. The van der Waals surface area contributed by atoms with Crippen molar-refractivity contribution in [3.05, 3.63) is 65.5 Å². The maximum absolute atomic E-state index is 12.8. The third-order valence-electron chi connectivity index (χ3n) is 2.99. The Morgan fingerprint density at radius 2 is 2.10 bits per heavy atom. The van der Waals surface area contributed by atoms with E-state index in [0.717, 1.165) is 24.1 Å². The summed E-state index contributed by atoms with van der Waals surface area (Å²) in [7, 11) is 0. The summed E-state index contributed by atoms with van der Waals surface area (Å²) >= 11 is 5.20. The molecule has 3 nitrogen and oxygen atoms in total. The molecular formula is C16H15FN3S. The summed E-state index contributed by atoms with van der Waals surface area (Å²) in [6, 6.07) is 8.52. The summed E-state index contributed by atoms with van der Waals surface area (Å²) in [4.78, 5) is 0. The Balaban J connectivity index is 1.75. The minimum absolute atomic E-state index is 0.231. The molecule has 0 heterocycles. The van der Waals surface area contributed by atoms with Crippen LogP contribution in [0.3, 0.4) is 0 Å². The molecule has 0 aliphatic heterocycles. The Bertz CT molecular complexity index is 611. The molecule has 0 saturated carbocycles. The lowest BCUT2D eigenvalue weighted by Crippen LogP contribution is -2.35. The number of halogens is 1. The second kappa shape index (κ2) is 7.55. The first kappa shape index (κ1) is 15.2. The highest BCUT2D eigenvalue weighted by atomic mass is 32.1. The molecule has 0 saturated heterocycles. The van der Waals surface area contributed by atoms with E-state index in [4.69, 9.17) is 17.5 Å². The molecule has 1 aromatic rings. The van der Waals surface area contributed by atoms with Crippen LogP contribution in [0.2, 0.25) is 0 Å². The standard InChI is InChI=1S/C16H15FN3S/c17-14-6-4-12(5-7-14)8-9-19-16(21)20-15-3-1-2-13(10-15)11-18/h2-7,10H,1,8-9H2,(H2,19,20,21). The highest BCUT2D eigenvalue weighted by Gasteiger charge is 2.06. The molecule has 1 aliphatic rings. The zero-order valence-electron chi connectivity index (χ0n) is 11.4. The maximum Gasteiger partial charge on any atom is 0.170 e. The van der Waals surface area contributed by atoms with Crippen LogP contribution in [0.1, 0.15) is 12.0 Å². The number of nitriles is 1. The highest BCUT2D eigenvalue weighted by Crippen LogP contribution is 2.13. The SMILES string of the molecule is N#CC1=CC(NC(=S)NCCc2ccc(F)cc2)=CC[CH]1. The van der Waals surface area contributed by atoms with Crippen LogP contribution < -0.4 is 10.6 Å². The molecule has 107 valence electrons. The summed E-state index contributed by atoms with van der Waals surface area (Å²) in [5, 5.41) is 15.5. The van der Waals surface area contributed by atoms with Crippen molar-refractivity contribution < 1.29 is 4.39 Å². The first-order valence-corrected chi connectivity index (χ1v) is 7.02. The van der Waals surface area contributed by atoms with Gasteiger partial charge in [0.15, 0.2) is 5.11 Å². The normalized spacial score (nSPS) is 13.7. The lowest BCUT2D eigenvalue weighted by Gasteiger charge is -2.14. The molecule has 0 atom stereocenters. The molecule has 5 heteroatoms. The lowest BCUT2D eigenvalue weighted by molar-refractivity contribution is 0.627. The minimum atomic E-state index is -0.231. The number of hydrogen-bond acceptors (Lipinski definition) is 2. The number of hydrogen-bond donors (Lipinski definition) is 2. The molecule has 0 spiro atoms. The number of rotatable bonds is 4. The van der Waals surface area contributed by atoms with Gasteiger partial charge in [0.05, 0.1) is 6.07 Å². The Hall–Kier alpha value is -2.19.